The van der Waals surface area contributed by atoms with E-state index in [4.69, 9.17) is 5.41 Å². The zero-order valence-corrected chi connectivity index (χ0v) is 9.10. The minimum Gasteiger partial charge on any atom is -0.325 e. The molecular formula is C10H18N4O. The molecule has 2 fully saturated rings. The van der Waals surface area contributed by atoms with Crippen LogP contribution in [0.3, 0.4) is 0 Å². The summed E-state index contributed by atoms with van der Waals surface area (Å²) in [6, 6.07) is -0.218. The van der Waals surface area contributed by atoms with E-state index in [9.17, 15) is 4.79 Å². The normalized spacial score (nSPS) is 32.6. The summed E-state index contributed by atoms with van der Waals surface area (Å²) in [5, 5.41) is 13.3. The number of amidine groups is 1. The lowest BCUT2D eigenvalue weighted by Gasteiger charge is -2.26. The molecular weight excluding hydrogens is 192 g/mol. The van der Waals surface area contributed by atoms with Crippen LogP contribution < -0.4 is 10.6 Å². The van der Waals surface area contributed by atoms with Gasteiger partial charge in [0.25, 0.3) is 0 Å². The Hall–Kier alpha value is -1.10. The second-order valence-corrected chi connectivity index (χ2v) is 4.32. The average Bonchev–Trinajstić information content (AvgIpc) is 2.39. The third kappa shape index (κ3) is 1.84. The van der Waals surface area contributed by atoms with E-state index in [0.29, 0.717) is 5.84 Å². The SMILES string of the molecule is CCN1CCCC2(CC1)NC(=O)NC2=N. The molecule has 0 aromatic rings. The molecule has 2 heterocycles. The van der Waals surface area contributed by atoms with Crippen LogP contribution in [0.15, 0.2) is 0 Å². The summed E-state index contributed by atoms with van der Waals surface area (Å²) < 4.78 is 0. The molecule has 0 aliphatic carbocycles. The van der Waals surface area contributed by atoms with Crippen molar-refractivity contribution >= 4 is 11.9 Å². The highest BCUT2D eigenvalue weighted by Crippen LogP contribution is 2.25. The van der Waals surface area contributed by atoms with Gasteiger partial charge in [-0.25, -0.2) is 4.79 Å². The number of hydrogen-bond acceptors (Lipinski definition) is 3. The van der Waals surface area contributed by atoms with Crippen molar-refractivity contribution in [2.24, 2.45) is 0 Å². The van der Waals surface area contributed by atoms with E-state index >= 15 is 0 Å². The van der Waals surface area contributed by atoms with Crippen LogP contribution in [0.25, 0.3) is 0 Å². The highest BCUT2D eigenvalue weighted by Gasteiger charge is 2.43. The second-order valence-electron chi connectivity index (χ2n) is 4.32. The second kappa shape index (κ2) is 3.81. The fraction of sp³-hybridized carbons (Fsp3) is 0.800. The van der Waals surface area contributed by atoms with Crippen LogP contribution >= 0.6 is 0 Å². The Morgan fingerprint density at radius 2 is 2.27 bits per heavy atom. The quantitative estimate of drug-likeness (QED) is 0.590. The first-order valence-electron chi connectivity index (χ1n) is 5.57. The van der Waals surface area contributed by atoms with Crippen molar-refractivity contribution in [3.8, 4) is 0 Å². The van der Waals surface area contributed by atoms with Gasteiger partial charge in [0.05, 0.1) is 0 Å². The Kier molecular flexibility index (Phi) is 2.65. The zero-order valence-electron chi connectivity index (χ0n) is 9.10. The summed E-state index contributed by atoms with van der Waals surface area (Å²) in [6.45, 7) is 5.22. The molecule has 0 aromatic heterocycles. The van der Waals surface area contributed by atoms with Crippen LogP contribution in [0.2, 0.25) is 0 Å². The Labute approximate surface area is 89.7 Å². The topological polar surface area (TPSA) is 68.2 Å². The van der Waals surface area contributed by atoms with Crippen molar-refractivity contribution in [1.29, 1.82) is 5.41 Å². The van der Waals surface area contributed by atoms with Crippen LogP contribution in [0.1, 0.15) is 26.2 Å². The highest BCUT2D eigenvalue weighted by atomic mass is 16.2. The fourth-order valence-electron chi connectivity index (χ4n) is 2.43. The molecule has 1 atom stereocenters. The van der Waals surface area contributed by atoms with E-state index < -0.39 is 5.54 Å². The lowest BCUT2D eigenvalue weighted by Crippen LogP contribution is -2.47. The van der Waals surface area contributed by atoms with Crippen molar-refractivity contribution in [1.82, 2.24) is 15.5 Å². The van der Waals surface area contributed by atoms with Gasteiger partial charge in [0, 0.05) is 6.54 Å². The van der Waals surface area contributed by atoms with Crippen molar-refractivity contribution < 1.29 is 4.79 Å². The van der Waals surface area contributed by atoms with Gasteiger partial charge in [-0.15, -0.1) is 0 Å². The van der Waals surface area contributed by atoms with Gasteiger partial charge in [-0.05, 0) is 32.4 Å². The number of amides is 2. The van der Waals surface area contributed by atoms with Gasteiger partial charge in [-0.3, -0.25) is 10.7 Å². The number of carbonyl (C=O) groups is 1. The fourth-order valence-corrected chi connectivity index (χ4v) is 2.43. The third-order valence-electron chi connectivity index (χ3n) is 3.45. The minimum atomic E-state index is -0.402. The standard InChI is InChI=1S/C10H18N4O/c1-2-14-6-3-4-10(5-7-14)8(11)12-9(15)13-10/h2-7H2,1H3,(H3,11,12,13,15). The van der Waals surface area contributed by atoms with Crippen LogP contribution in [-0.4, -0.2) is 41.9 Å². The molecule has 84 valence electrons. The number of rotatable bonds is 1. The van der Waals surface area contributed by atoms with E-state index in [2.05, 4.69) is 22.5 Å². The minimum absolute atomic E-state index is 0.218. The molecule has 1 unspecified atom stereocenters. The Morgan fingerprint density at radius 1 is 1.47 bits per heavy atom. The van der Waals surface area contributed by atoms with Crippen LogP contribution in [0, 0.1) is 5.41 Å². The molecule has 2 aliphatic heterocycles. The summed E-state index contributed by atoms with van der Waals surface area (Å²) in [6.07, 6.45) is 2.76. The van der Waals surface area contributed by atoms with Gasteiger partial charge in [0.1, 0.15) is 11.4 Å². The van der Waals surface area contributed by atoms with Crippen LogP contribution in [0.5, 0.6) is 0 Å². The Morgan fingerprint density at radius 3 is 2.87 bits per heavy atom. The van der Waals surface area contributed by atoms with E-state index in [0.717, 1.165) is 38.9 Å². The summed E-state index contributed by atoms with van der Waals surface area (Å²) in [4.78, 5) is 13.6. The number of carbonyl (C=O) groups excluding carboxylic acids is 1. The largest absolute Gasteiger partial charge is 0.325 e. The maximum absolute atomic E-state index is 11.2. The summed E-state index contributed by atoms with van der Waals surface area (Å²) in [5.74, 6) is 0.352. The van der Waals surface area contributed by atoms with Gasteiger partial charge >= 0.3 is 6.03 Å². The molecule has 0 saturated carbocycles. The zero-order chi connectivity index (χ0) is 10.9. The lowest BCUT2D eigenvalue weighted by atomic mass is 9.90. The Bertz CT molecular complexity index is 291. The molecule has 2 rings (SSSR count). The van der Waals surface area contributed by atoms with Gasteiger partial charge in [0.2, 0.25) is 0 Å². The predicted octanol–water partition coefficient (Wildman–Crippen LogP) is 0.521. The van der Waals surface area contributed by atoms with E-state index in [1.54, 1.807) is 0 Å². The maximum atomic E-state index is 11.2. The van der Waals surface area contributed by atoms with E-state index in [-0.39, 0.29) is 6.03 Å². The highest BCUT2D eigenvalue weighted by molar-refractivity contribution is 6.08. The van der Waals surface area contributed by atoms with Crippen molar-refractivity contribution in [2.75, 3.05) is 19.6 Å². The third-order valence-corrected chi connectivity index (χ3v) is 3.45. The smallest absolute Gasteiger partial charge is 0.321 e. The summed E-state index contributed by atoms with van der Waals surface area (Å²) in [5.41, 5.74) is -0.402. The lowest BCUT2D eigenvalue weighted by molar-refractivity contribution is 0.242. The molecule has 0 radical (unpaired) electrons. The number of hydrogen-bond donors (Lipinski definition) is 3. The van der Waals surface area contributed by atoms with E-state index in [1.165, 1.54) is 0 Å². The maximum Gasteiger partial charge on any atom is 0.321 e. The van der Waals surface area contributed by atoms with Crippen molar-refractivity contribution in [3.63, 3.8) is 0 Å². The molecule has 2 amide bonds. The predicted molar refractivity (Wildman–Crippen MR) is 58.1 cm³/mol. The molecule has 0 bridgehead atoms. The molecule has 2 aliphatic rings. The number of likely N-dealkylation sites (tertiary alicyclic amines) is 1. The molecule has 1 spiro atoms. The Balaban J connectivity index is 2.09. The van der Waals surface area contributed by atoms with Gasteiger partial charge in [-0.1, -0.05) is 6.92 Å². The average molecular weight is 210 g/mol. The molecule has 5 nitrogen and oxygen atoms in total. The van der Waals surface area contributed by atoms with E-state index in [1.807, 2.05) is 0 Å². The molecule has 5 heteroatoms. The van der Waals surface area contributed by atoms with Crippen molar-refractivity contribution in [2.45, 2.75) is 31.7 Å². The van der Waals surface area contributed by atoms with Gasteiger partial charge in [-0.2, -0.15) is 0 Å². The number of urea groups is 1. The molecule has 0 aromatic carbocycles. The number of nitrogens with zero attached hydrogens (tertiary/aromatic N) is 1. The summed E-state index contributed by atoms with van der Waals surface area (Å²) >= 11 is 0. The monoisotopic (exact) mass is 210 g/mol. The van der Waals surface area contributed by atoms with Crippen molar-refractivity contribution in [3.05, 3.63) is 0 Å². The summed E-state index contributed by atoms with van der Waals surface area (Å²) in [7, 11) is 0. The first-order chi connectivity index (χ1) is 7.16. The van der Waals surface area contributed by atoms with Gasteiger partial charge in [0.15, 0.2) is 0 Å². The molecule has 3 N–H and O–H groups in total. The first kappa shape index (κ1) is 10.4. The number of nitrogens with one attached hydrogen (secondary N) is 3. The van der Waals surface area contributed by atoms with Gasteiger partial charge < -0.3 is 10.2 Å². The molecule has 2 saturated heterocycles. The van der Waals surface area contributed by atoms with Crippen LogP contribution in [0.4, 0.5) is 4.79 Å². The van der Waals surface area contributed by atoms with Crippen LogP contribution in [-0.2, 0) is 0 Å². The first-order valence-corrected chi connectivity index (χ1v) is 5.57. The molecule has 15 heavy (non-hydrogen) atoms.